The Bertz CT molecular complexity index is 313. The summed E-state index contributed by atoms with van der Waals surface area (Å²) in [5.41, 5.74) is 0.282. The third-order valence-corrected chi connectivity index (χ3v) is 5.46. The van der Waals surface area contributed by atoms with Crippen LogP contribution in [-0.4, -0.2) is 18.7 Å². The summed E-state index contributed by atoms with van der Waals surface area (Å²) in [4.78, 5) is 11.8. The molecule has 0 saturated heterocycles. The van der Waals surface area contributed by atoms with Crippen LogP contribution in [0.1, 0.15) is 72.1 Å². The average molecular weight is 281 g/mol. The van der Waals surface area contributed by atoms with Gasteiger partial charge >= 0.3 is 6.09 Å². The Kier molecular flexibility index (Phi) is 5.34. The van der Waals surface area contributed by atoms with E-state index < -0.39 is 0 Å². The van der Waals surface area contributed by atoms with Gasteiger partial charge in [-0.05, 0) is 50.4 Å². The lowest BCUT2D eigenvalue weighted by Crippen LogP contribution is -2.39. The fourth-order valence-corrected chi connectivity index (χ4v) is 3.50. The van der Waals surface area contributed by atoms with E-state index >= 15 is 0 Å². The van der Waals surface area contributed by atoms with Crippen LogP contribution >= 0.6 is 0 Å². The first-order valence-corrected chi connectivity index (χ1v) is 8.49. The van der Waals surface area contributed by atoms with Crippen molar-refractivity contribution in [1.82, 2.24) is 5.32 Å². The SMILES string of the molecule is CCC(CC)C1CCC(NC(=O)OCC2(C)CC2)CC1. The summed E-state index contributed by atoms with van der Waals surface area (Å²) in [5.74, 6) is 1.74. The van der Waals surface area contributed by atoms with Gasteiger partial charge in [0.2, 0.25) is 0 Å². The zero-order valence-electron chi connectivity index (χ0n) is 13.4. The molecule has 3 nitrogen and oxygen atoms in total. The summed E-state index contributed by atoms with van der Waals surface area (Å²) in [5, 5.41) is 3.05. The van der Waals surface area contributed by atoms with E-state index in [4.69, 9.17) is 4.74 Å². The predicted molar refractivity (Wildman–Crippen MR) is 81.6 cm³/mol. The van der Waals surface area contributed by atoms with E-state index in [1.165, 1.54) is 38.5 Å². The van der Waals surface area contributed by atoms with E-state index in [0.29, 0.717) is 12.6 Å². The Morgan fingerprint density at radius 1 is 1.20 bits per heavy atom. The summed E-state index contributed by atoms with van der Waals surface area (Å²) in [6, 6.07) is 0.333. The molecule has 0 aliphatic heterocycles. The first-order valence-electron chi connectivity index (χ1n) is 8.49. The van der Waals surface area contributed by atoms with Crippen LogP contribution in [0, 0.1) is 17.3 Å². The van der Waals surface area contributed by atoms with Gasteiger partial charge in [-0.1, -0.05) is 33.6 Å². The first-order chi connectivity index (χ1) is 9.56. The summed E-state index contributed by atoms with van der Waals surface area (Å²) < 4.78 is 5.34. The average Bonchev–Trinajstić information content (AvgIpc) is 3.18. The summed E-state index contributed by atoms with van der Waals surface area (Å²) in [7, 11) is 0. The number of nitrogens with one attached hydrogen (secondary N) is 1. The van der Waals surface area contributed by atoms with E-state index in [9.17, 15) is 4.79 Å². The monoisotopic (exact) mass is 281 g/mol. The minimum absolute atomic E-state index is 0.205. The number of hydrogen-bond acceptors (Lipinski definition) is 2. The molecule has 0 heterocycles. The maximum Gasteiger partial charge on any atom is 0.407 e. The second-order valence-corrected chi connectivity index (χ2v) is 7.22. The van der Waals surface area contributed by atoms with Crippen molar-refractivity contribution in [3.8, 4) is 0 Å². The number of carbonyl (C=O) groups excluding carboxylic acids is 1. The maximum absolute atomic E-state index is 11.8. The molecule has 116 valence electrons. The minimum Gasteiger partial charge on any atom is -0.449 e. The van der Waals surface area contributed by atoms with Crippen LogP contribution in [0.2, 0.25) is 0 Å². The molecule has 2 saturated carbocycles. The van der Waals surface area contributed by atoms with Crippen molar-refractivity contribution >= 4 is 6.09 Å². The van der Waals surface area contributed by atoms with Crippen molar-refractivity contribution < 1.29 is 9.53 Å². The van der Waals surface area contributed by atoms with Gasteiger partial charge in [-0.25, -0.2) is 4.79 Å². The molecular formula is C17H31NO2. The molecule has 2 aliphatic carbocycles. The molecule has 0 spiro atoms. The molecule has 2 fully saturated rings. The topological polar surface area (TPSA) is 38.3 Å². The lowest BCUT2D eigenvalue weighted by molar-refractivity contribution is 0.115. The number of rotatable bonds is 6. The van der Waals surface area contributed by atoms with Crippen molar-refractivity contribution in [2.24, 2.45) is 17.3 Å². The molecule has 0 aromatic carbocycles. The molecule has 20 heavy (non-hydrogen) atoms. The molecule has 0 atom stereocenters. The summed E-state index contributed by atoms with van der Waals surface area (Å²) >= 11 is 0. The van der Waals surface area contributed by atoms with E-state index in [0.717, 1.165) is 24.7 Å². The number of ether oxygens (including phenoxy) is 1. The molecule has 3 heteroatoms. The van der Waals surface area contributed by atoms with Gasteiger partial charge in [-0.2, -0.15) is 0 Å². The van der Waals surface area contributed by atoms with Gasteiger partial charge in [0.05, 0.1) is 6.61 Å². The van der Waals surface area contributed by atoms with Gasteiger partial charge in [0.15, 0.2) is 0 Å². The van der Waals surface area contributed by atoms with E-state index in [1.54, 1.807) is 0 Å². The fourth-order valence-electron chi connectivity index (χ4n) is 3.50. The highest BCUT2D eigenvalue weighted by Crippen LogP contribution is 2.45. The molecule has 0 radical (unpaired) electrons. The van der Waals surface area contributed by atoms with E-state index in [1.807, 2.05) is 0 Å². The number of amides is 1. The third kappa shape index (κ3) is 4.39. The second kappa shape index (κ2) is 6.82. The summed E-state index contributed by atoms with van der Waals surface area (Å²) in [6.45, 7) is 7.37. The predicted octanol–water partition coefficient (Wildman–Crippen LogP) is 4.51. The first kappa shape index (κ1) is 15.7. The molecular weight excluding hydrogens is 250 g/mol. The lowest BCUT2D eigenvalue weighted by Gasteiger charge is -2.33. The van der Waals surface area contributed by atoms with Gasteiger partial charge in [-0.15, -0.1) is 0 Å². The van der Waals surface area contributed by atoms with Crippen LogP contribution in [-0.2, 0) is 4.74 Å². The second-order valence-electron chi connectivity index (χ2n) is 7.22. The van der Waals surface area contributed by atoms with Crippen LogP contribution in [0.25, 0.3) is 0 Å². The smallest absolute Gasteiger partial charge is 0.407 e. The highest BCUT2D eigenvalue weighted by Gasteiger charge is 2.38. The standard InChI is InChI=1S/C17H31NO2/c1-4-13(5-2)14-6-8-15(9-7-14)18-16(19)20-12-17(3)10-11-17/h13-15H,4-12H2,1-3H3,(H,18,19). The molecule has 1 N–H and O–H groups in total. The normalized spacial score (nSPS) is 28.2. The van der Waals surface area contributed by atoms with Gasteiger partial charge in [0.1, 0.15) is 0 Å². The largest absolute Gasteiger partial charge is 0.449 e. The van der Waals surface area contributed by atoms with Gasteiger partial charge in [0, 0.05) is 11.5 Å². The van der Waals surface area contributed by atoms with E-state index in [-0.39, 0.29) is 11.5 Å². The molecule has 2 rings (SSSR count). The van der Waals surface area contributed by atoms with Crippen LogP contribution in [0.15, 0.2) is 0 Å². The zero-order valence-corrected chi connectivity index (χ0v) is 13.4. The molecule has 0 unspecified atom stereocenters. The number of alkyl carbamates (subject to hydrolysis) is 1. The van der Waals surface area contributed by atoms with Gasteiger partial charge in [-0.3, -0.25) is 0 Å². The summed E-state index contributed by atoms with van der Waals surface area (Å²) in [6.07, 6.45) is 9.52. The van der Waals surface area contributed by atoms with Crippen LogP contribution in [0.3, 0.4) is 0 Å². The van der Waals surface area contributed by atoms with Crippen molar-refractivity contribution in [3.63, 3.8) is 0 Å². The van der Waals surface area contributed by atoms with Crippen molar-refractivity contribution in [1.29, 1.82) is 0 Å². The molecule has 0 bridgehead atoms. The fraction of sp³-hybridized carbons (Fsp3) is 0.941. The maximum atomic E-state index is 11.8. The minimum atomic E-state index is -0.205. The Labute approximate surface area is 123 Å². The van der Waals surface area contributed by atoms with Crippen molar-refractivity contribution in [3.05, 3.63) is 0 Å². The lowest BCUT2D eigenvalue weighted by atomic mass is 9.76. The molecule has 1 amide bonds. The number of carbonyl (C=O) groups is 1. The zero-order chi connectivity index (χ0) is 14.6. The Balaban J connectivity index is 1.64. The molecule has 0 aromatic rings. The Morgan fingerprint density at radius 2 is 1.80 bits per heavy atom. The Hall–Kier alpha value is -0.730. The van der Waals surface area contributed by atoms with Crippen LogP contribution in [0.5, 0.6) is 0 Å². The Morgan fingerprint density at radius 3 is 2.30 bits per heavy atom. The van der Waals surface area contributed by atoms with Gasteiger partial charge in [0.25, 0.3) is 0 Å². The molecule has 2 aliphatic rings. The highest BCUT2D eigenvalue weighted by atomic mass is 16.5. The van der Waals surface area contributed by atoms with Crippen LogP contribution in [0.4, 0.5) is 4.79 Å². The van der Waals surface area contributed by atoms with Crippen molar-refractivity contribution in [2.75, 3.05) is 6.61 Å². The van der Waals surface area contributed by atoms with Crippen LogP contribution < -0.4 is 5.32 Å². The number of hydrogen-bond donors (Lipinski definition) is 1. The highest BCUT2D eigenvalue weighted by molar-refractivity contribution is 5.67. The third-order valence-electron chi connectivity index (χ3n) is 5.46. The quantitative estimate of drug-likeness (QED) is 0.778. The van der Waals surface area contributed by atoms with Gasteiger partial charge < -0.3 is 10.1 Å². The molecule has 0 aromatic heterocycles. The van der Waals surface area contributed by atoms with Crippen molar-refractivity contribution in [2.45, 2.75) is 78.2 Å². The van der Waals surface area contributed by atoms with E-state index in [2.05, 4.69) is 26.1 Å².